The van der Waals surface area contributed by atoms with E-state index < -0.39 is 11.4 Å². The van der Waals surface area contributed by atoms with Crippen molar-refractivity contribution in [2.45, 2.75) is 31.7 Å². The fourth-order valence-corrected chi connectivity index (χ4v) is 4.26. The summed E-state index contributed by atoms with van der Waals surface area (Å²) in [6.45, 7) is 4.95. The van der Waals surface area contributed by atoms with Gasteiger partial charge in [-0.3, -0.25) is 9.48 Å². The Morgan fingerprint density at radius 1 is 1.30 bits per heavy atom. The molecule has 33 heavy (non-hydrogen) atoms. The second kappa shape index (κ2) is 7.67. The summed E-state index contributed by atoms with van der Waals surface area (Å²) in [5.74, 6) is 0.0527. The number of H-pyrrole nitrogens is 1. The summed E-state index contributed by atoms with van der Waals surface area (Å²) in [5, 5.41) is 15.0. The van der Waals surface area contributed by atoms with Gasteiger partial charge in [-0.05, 0) is 12.0 Å². The lowest BCUT2D eigenvalue weighted by atomic mass is 9.87. The lowest BCUT2D eigenvalue weighted by Crippen LogP contribution is -2.63. The quantitative estimate of drug-likeness (QED) is 0.459. The summed E-state index contributed by atoms with van der Waals surface area (Å²) in [6, 6.07) is 4.22. The summed E-state index contributed by atoms with van der Waals surface area (Å²) < 4.78 is 1.84. The molecule has 4 aromatic rings. The summed E-state index contributed by atoms with van der Waals surface area (Å²) in [5.41, 5.74) is 8.10. The van der Waals surface area contributed by atoms with E-state index in [1.807, 2.05) is 41.9 Å². The number of hydrogen-bond donors (Lipinski definition) is 2. The van der Waals surface area contributed by atoms with Crippen molar-refractivity contribution in [3.63, 3.8) is 0 Å². The maximum atomic E-state index is 11.7. The molecular formula is C22H22N10O. The van der Waals surface area contributed by atoms with Gasteiger partial charge in [-0.25, -0.2) is 19.9 Å². The number of anilines is 1. The number of nitrogens with two attached hydrogens (primary N) is 1. The first kappa shape index (κ1) is 20.6. The first-order valence-corrected chi connectivity index (χ1v) is 10.5. The van der Waals surface area contributed by atoms with E-state index in [0.717, 1.165) is 22.3 Å². The zero-order chi connectivity index (χ0) is 23.2. The molecule has 11 heteroatoms. The smallest absolute Gasteiger partial charge is 0.269 e. The maximum absolute atomic E-state index is 11.7. The molecule has 1 saturated heterocycles. The van der Waals surface area contributed by atoms with Gasteiger partial charge in [-0.1, -0.05) is 13.8 Å². The van der Waals surface area contributed by atoms with Gasteiger partial charge in [-0.15, -0.1) is 0 Å². The number of carbonyl (C=O) groups is 1. The molecule has 0 atom stereocenters. The van der Waals surface area contributed by atoms with Crippen molar-refractivity contribution in [3.8, 4) is 17.3 Å². The molecule has 0 aromatic carbocycles. The van der Waals surface area contributed by atoms with Gasteiger partial charge >= 0.3 is 0 Å². The molecule has 0 spiro atoms. The number of amides is 1. The van der Waals surface area contributed by atoms with Crippen molar-refractivity contribution in [2.75, 3.05) is 18.0 Å². The highest BCUT2D eigenvalue weighted by Gasteiger charge is 2.46. The zero-order valence-corrected chi connectivity index (χ0v) is 18.2. The minimum absolute atomic E-state index is 0.00287. The van der Waals surface area contributed by atoms with E-state index in [1.165, 1.54) is 6.33 Å². The van der Waals surface area contributed by atoms with Crippen LogP contribution in [0.3, 0.4) is 0 Å². The van der Waals surface area contributed by atoms with Crippen LogP contribution in [0.15, 0.2) is 37.2 Å². The molecule has 1 aliphatic heterocycles. The van der Waals surface area contributed by atoms with E-state index in [-0.39, 0.29) is 18.0 Å². The monoisotopic (exact) mass is 442 g/mol. The molecule has 166 valence electrons. The number of rotatable bonds is 6. The predicted octanol–water partition coefficient (Wildman–Crippen LogP) is 1.96. The third kappa shape index (κ3) is 3.36. The van der Waals surface area contributed by atoms with Crippen LogP contribution in [-0.4, -0.2) is 53.7 Å². The van der Waals surface area contributed by atoms with Crippen LogP contribution in [0, 0.1) is 11.3 Å². The maximum Gasteiger partial charge on any atom is 0.269 e. The second-order valence-corrected chi connectivity index (χ2v) is 8.53. The van der Waals surface area contributed by atoms with Crippen molar-refractivity contribution in [1.82, 2.24) is 34.7 Å². The number of nitriles is 1. The van der Waals surface area contributed by atoms with Gasteiger partial charge in [0.05, 0.1) is 36.3 Å². The minimum Gasteiger partial charge on any atom is -0.364 e. The Balaban J connectivity index is 1.44. The molecule has 0 aliphatic carbocycles. The highest BCUT2D eigenvalue weighted by molar-refractivity contribution is 5.92. The van der Waals surface area contributed by atoms with E-state index >= 15 is 0 Å². The standard InChI is InChI=1S/C22H22N10O/c1-13(2)17-19(20(24)33)26-8-16(30-17)31-10-22(11-31,4-5-23)32-9-14(7-29-32)18-15-3-6-25-21(15)28-12-27-18/h3,6-9,12-13H,4,10-11H2,1-2H3,(H2,24,33)(H,25,27,28). The van der Waals surface area contributed by atoms with E-state index in [0.29, 0.717) is 24.6 Å². The van der Waals surface area contributed by atoms with Crippen LogP contribution in [-0.2, 0) is 5.54 Å². The largest absolute Gasteiger partial charge is 0.364 e. The highest BCUT2D eigenvalue weighted by atomic mass is 16.1. The molecule has 0 radical (unpaired) electrons. The fraction of sp³-hybridized carbons (Fsp3) is 0.318. The number of primary amides is 1. The van der Waals surface area contributed by atoms with Crippen LogP contribution in [0.1, 0.15) is 42.4 Å². The first-order chi connectivity index (χ1) is 15.9. The van der Waals surface area contributed by atoms with Gasteiger partial charge in [0, 0.05) is 36.4 Å². The third-order valence-electron chi connectivity index (χ3n) is 5.97. The van der Waals surface area contributed by atoms with Gasteiger partial charge in [-0.2, -0.15) is 10.4 Å². The van der Waals surface area contributed by atoms with Crippen LogP contribution in [0.5, 0.6) is 0 Å². The number of nitrogens with zero attached hydrogens (tertiary/aromatic N) is 8. The van der Waals surface area contributed by atoms with Crippen molar-refractivity contribution in [1.29, 1.82) is 5.26 Å². The molecule has 0 bridgehead atoms. The van der Waals surface area contributed by atoms with Crippen LogP contribution < -0.4 is 10.6 Å². The fourth-order valence-electron chi connectivity index (χ4n) is 4.26. The van der Waals surface area contributed by atoms with Crippen molar-refractivity contribution >= 4 is 22.8 Å². The summed E-state index contributed by atoms with van der Waals surface area (Å²) in [4.78, 5) is 34.4. The number of carbonyl (C=O) groups excluding carboxylic acids is 1. The molecule has 5 heterocycles. The molecule has 5 rings (SSSR count). The molecular weight excluding hydrogens is 420 g/mol. The predicted molar refractivity (Wildman–Crippen MR) is 120 cm³/mol. The molecule has 1 aliphatic rings. The molecule has 11 nitrogen and oxygen atoms in total. The molecule has 0 unspecified atom stereocenters. The SMILES string of the molecule is CC(C)c1nc(N2CC(CC#N)(n3cc(-c4ncnc5[nH]ccc45)cn3)C2)cnc1C(N)=O. The van der Waals surface area contributed by atoms with Crippen molar-refractivity contribution in [3.05, 3.63) is 48.6 Å². The van der Waals surface area contributed by atoms with Crippen LogP contribution in [0.4, 0.5) is 5.82 Å². The second-order valence-electron chi connectivity index (χ2n) is 8.53. The number of aromatic nitrogens is 7. The normalized spacial score (nSPS) is 14.9. The topological polar surface area (TPSA) is 155 Å². The molecule has 1 amide bonds. The Kier molecular flexibility index (Phi) is 4.78. The van der Waals surface area contributed by atoms with Gasteiger partial charge in [0.15, 0.2) is 0 Å². The third-order valence-corrected chi connectivity index (χ3v) is 5.97. The zero-order valence-electron chi connectivity index (χ0n) is 18.2. The van der Waals surface area contributed by atoms with Crippen LogP contribution in [0.25, 0.3) is 22.3 Å². The molecule has 1 fully saturated rings. The molecule has 3 N–H and O–H groups in total. The lowest BCUT2D eigenvalue weighted by Gasteiger charge is -2.49. The molecule has 4 aromatic heterocycles. The Bertz CT molecular complexity index is 1390. The number of nitrogens with one attached hydrogen (secondary N) is 1. The highest BCUT2D eigenvalue weighted by Crippen LogP contribution is 2.36. The Morgan fingerprint density at radius 3 is 2.85 bits per heavy atom. The summed E-state index contributed by atoms with van der Waals surface area (Å²) in [6.07, 6.45) is 8.87. The lowest BCUT2D eigenvalue weighted by molar-refractivity contribution is 0.0993. The Morgan fingerprint density at radius 2 is 2.12 bits per heavy atom. The van der Waals surface area contributed by atoms with Gasteiger partial charge < -0.3 is 15.6 Å². The van der Waals surface area contributed by atoms with E-state index in [2.05, 4.69) is 36.1 Å². The van der Waals surface area contributed by atoms with Gasteiger partial charge in [0.2, 0.25) is 0 Å². The van der Waals surface area contributed by atoms with E-state index in [9.17, 15) is 10.1 Å². The number of hydrogen-bond acceptors (Lipinski definition) is 8. The van der Waals surface area contributed by atoms with E-state index in [1.54, 1.807) is 12.4 Å². The van der Waals surface area contributed by atoms with Crippen LogP contribution in [0.2, 0.25) is 0 Å². The van der Waals surface area contributed by atoms with Crippen LogP contribution >= 0.6 is 0 Å². The first-order valence-electron chi connectivity index (χ1n) is 10.5. The average Bonchev–Trinajstić information content (AvgIpc) is 3.45. The van der Waals surface area contributed by atoms with Gasteiger partial charge in [0.1, 0.15) is 29.0 Å². The van der Waals surface area contributed by atoms with Crippen molar-refractivity contribution in [2.24, 2.45) is 5.73 Å². The minimum atomic E-state index is -0.592. The van der Waals surface area contributed by atoms with Gasteiger partial charge in [0.25, 0.3) is 5.91 Å². The van der Waals surface area contributed by atoms with E-state index in [4.69, 9.17) is 5.73 Å². The summed E-state index contributed by atoms with van der Waals surface area (Å²) in [7, 11) is 0. The molecule has 0 saturated carbocycles. The van der Waals surface area contributed by atoms with Crippen molar-refractivity contribution < 1.29 is 4.79 Å². The number of fused-ring (bicyclic) bond motifs is 1. The summed E-state index contributed by atoms with van der Waals surface area (Å²) >= 11 is 0. The Labute approximate surface area is 189 Å². The average molecular weight is 442 g/mol. The number of aromatic amines is 1. The Hall–Kier alpha value is -4.33.